The topological polar surface area (TPSA) is 59.8 Å². The molecule has 0 bridgehead atoms. The number of imidazole rings is 1. The summed E-state index contributed by atoms with van der Waals surface area (Å²) in [6.07, 6.45) is 5.04. The average molecular weight is 258 g/mol. The normalized spacial score (nSPS) is 15.4. The molecule has 5 nitrogen and oxygen atoms in total. The molecule has 0 aliphatic heterocycles. The lowest BCUT2D eigenvalue weighted by atomic mass is 9.85. The van der Waals surface area contributed by atoms with E-state index in [1.807, 2.05) is 19.1 Å². The quantitative estimate of drug-likeness (QED) is 0.907. The van der Waals surface area contributed by atoms with Crippen molar-refractivity contribution < 1.29 is 4.79 Å². The maximum Gasteiger partial charge on any atom is 0.223 e. The van der Waals surface area contributed by atoms with Gasteiger partial charge in [-0.3, -0.25) is 4.79 Å². The summed E-state index contributed by atoms with van der Waals surface area (Å²) in [5.41, 5.74) is 1.79. The summed E-state index contributed by atoms with van der Waals surface area (Å²) in [5.74, 6) is 1.38. The van der Waals surface area contributed by atoms with Gasteiger partial charge in [0.05, 0.1) is 0 Å². The second kappa shape index (κ2) is 4.99. The standard InChI is InChI=1S/C14H18N4O/c1-10-17-12-6-3-7-15-13(12)18(10)9-8-16-14(19)11-4-2-5-11/h3,6-7,11H,2,4-5,8-9H2,1H3,(H,16,19). The van der Waals surface area contributed by atoms with Crippen LogP contribution in [0.25, 0.3) is 11.2 Å². The minimum Gasteiger partial charge on any atom is -0.354 e. The lowest BCUT2D eigenvalue weighted by Crippen LogP contribution is -2.36. The summed E-state index contributed by atoms with van der Waals surface area (Å²) in [6.45, 7) is 3.32. The molecular weight excluding hydrogens is 240 g/mol. The van der Waals surface area contributed by atoms with Crippen molar-refractivity contribution in [2.45, 2.75) is 32.7 Å². The van der Waals surface area contributed by atoms with E-state index in [1.165, 1.54) is 6.42 Å². The van der Waals surface area contributed by atoms with E-state index in [0.29, 0.717) is 6.54 Å². The van der Waals surface area contributed by atoms with Gasteiger partial charge in [0, 0.05) is 25.2 Å². The fourth-order valence-corrected chi connectivity index (χ4v) is 2.45. The minimum absolute atomic E-state index is 0.196. The molecular formula is C14H18N4O. The van der Waals surface area contributed by atoms with Gasteiger partial charge in [-0.05, 0) is 31.9 Å². The third kappa shape index (κ3) is 2.32. The Bertz CT molecular complexity index is 601. The number of hydrogen-bond donors (Lipinski definition) is 1. The summed E-state index contributed by atoms with van der Waals surface area (Å²) < 4.78 is 2.05. The first kappa shape index (κ1) is 12.1. The highest BCUT2D eigenvalue weighted by atomic mass is 16.1. The van der Waals surface area contributed by atoms with Crippen LogP contribution in [0.5, 0.6) is 0 Å². The number of fused-ring (bicyclic) bond motifs is 1. The van der Waals surface area contributed by atoms with E-state index in [1.54, 1.807) is 6.20 Å². The molecule has 3 rings (SSSR count). The first-order chi connectivity index (χ1) is 9.25. The zero-order chi connectivity index (χ0) is 13.2. The van der Waals surface area contributed by atoms with Gasteiger partial charge < -0.3 is 9.88 Å². The summed E-state index contributed by atoms with van der Waals surface area (Å²) in [4.78, 5) is 20.6. The van der Waals surface area contributed by atoms with Gasteiger partial charge in [0.15, 0.2) is 5.65 Å². The second-order valence-corrected chi connectivity index (χ2v) is 5.08. The van der Waals surface area contributed by atoms with Crippen molar-refractivity contribution in [1.29, 1.82) is 0 Å². The van der Waals surface area contributed by atoms with E-state index in [0.717, 1.165) is 36.4 Å². The minimum atomic E-state index is 0.196. The molecule has 0 atom stereocenters. The van der Waals surface area contributed by atoms with E-state index in [4.69, 9.17) is 0 Å². The van der Waals surface area contributed by atoms with Gasteiger partial charge in [-0.2, -0.15) is 0 Å². The molecule has 1 amide bonds. The molecule has 0 aromatic carbocycles. The van der Waals surface area contributed by atoms with Gasteiger partial charge in [0.2, 0.25) is 5.91 Å². The van der Waals surface area contributed by atoms with Crippen LogP contribution in [0.3, 0.4) is 0 Å². The molecule has 100 valence electrons. The number of aryl methyl sites for hydroxylation is 1. The number of pyridine rings is 1. The van der Waals surface area contributed by atoms with Crippen LogP contribution in [0.4, 0.5) is 0 Å². The maximum absolute atomic E-state index is 11.8. The third-order valence-electron chi connectivity index (χ3n) is 3.81. The number of aromatic nitrogens is 3. The van der Waals surface area contributed by atoms with Crippen LogP contribution in [0.2, 0.25) is 0 Å². The highest BCUT2D eigenvalue weighted by Crippen LogP contribution is 2.26. The molecule has 0 unspecified atom stereocenters. The summed E-state index contributed by atoms with van der Waals surface area (Å²) in [5, 5.41) is 3.00. The number of amides is 1. The van der Waals surface area contributed by atoms with Gasteiger partial charge in [-0.25, -0.2) is 9.97 Å². The Hall–Kier alpha value is -1.91. The molecule has 5 heteroatoms. The number of rotatable bonds is 4. The van der Waals surface area contributed by atoms with Crippen LogP contribution < -0.4 is 5.32 Å². The molecule has 1 N–H and O–H groups in total. The zero-order valence-electron chi connectivity index (χ0n) is 11.1. The van der Waals surface area contributed by atoms with Crippen molar-refractivity contribution in [1.82, 2.24) is 19.9 Å². The molecule has 2 aromatic heterocycles. The smallest absolute Gasteiger partial charge is 0.223 e. The number of carbonyl (C=O) groups excluding carboxylic acids is 1. The van der Waals surface area contributed by atoms with Crippen LogP contribution in [0.15, 0.2) is 18.3 Å². The van der Waals surface area contributed by atoms with E-state index >= 15 is 0 Å². The molecule has 2 heterocycles. The zero-order valence-corrected chi connectivity index (χ0v) is 11.1. The molecule has 2 aromatic rings. The number of hydrogen-bond acceptors (Lipinski definition) is 3. The van der Waals surface area contributed by atoms with Crippen molar-refractivity contribution in [3.8, 4) is 0 Å². The highest BCUT2D eigenvalue weighted by molar-refractivity contribution is 5.79. The van der Waals surface area contributed by atoms with Gasteiger partial charge in [0.1, 0.15) is 11.3 Å². The molecule has 0 radical (unpaired) electrons. The van der Waals surface area contributed by atoms with Crippen molar-refractivity contribution in [3.63, 3.8) is 0 Å². The Balaban J connectivity index is 1.64. The SMILES string of the molecule is Cc1nc2cccnc2n1CCNC(=O)C1CCC1. The lowest BCUT2D eigenvalue weighted by molar-refractivity contribution is -0.127. The van der Waals surface area contributed by atoms with Gasteiger partial charge in [0.25, 0.3) is 0 Å². The monoisotopic (exact) mass is 258 g/mol. The first-order valence-electron chi connectivity index (χ1n) is 6.81. The fourth-order valence-electron chi connectivity index (χ4n) is 2.45. The van der Waals surface area contributed by atoms with Crippen LogP contribution in [0, 0.1) is 12.8 Å². The largest absolute Gasteiger partial charge is 0.354 e. The van der Waals surface area contributed by atoms with Crippen molar-refractivity contribution in [3.05, 3.63) is 24.2 Å². The van der Waals surface area contributed by atoms with E-state index in [2.05, 4.69) is 19.9 Å². The van der Waals surface area contributed by atoms with Gasteiger partial charge >= 0.3 is 0 Å². The van der Waals surface area contributed by atoms with Crippen LogP contribution in [-0.2, 0) is 11.3 Å². The Kier molecular flexibility index (Phi) is 3.19. The number of carbonyl (C=O) groups is 1. The second-order valence-electron chi connectivity index (χ2n) is 5.08. The molecule has 0 saturated heterocycles. The molecule has 19 heavy (non-hydrogen) atoms. The molecule has 1 saturated carbocycles. The third-order valence-corrected chi connectivity index (χ3v) is 3.81. The van der Waals surface area contributed by atoms with Crippen molar-refractivity contribution in [2.24, 2.45) is 5.92 Å². The average Bonchev–Trinajstić information content (AvgIpc) is 2.64. The first-order valence-corrected chi connectivity index (χ1v) is 6.81. The van der Waals surface area contributed by atoms with E-state index in [-0.39, 0.29) is 11.8 Å². The van der Waals surface area contributed by atoms with Crippen molar-refractivity contribution >= 4 is 17.1 Å². The highest BCUT2D eigenvalue weighted by Gasteiger charge is 2.24. The number of nitrogens with one attached hydrogen (secondary N) is 1. The Morgan fingerprint density at radius 2 is 2.37 bits per heavy atom. The van der Waals surface area contributed by atoms with E-state index in [9.17, 15) is 4.79 Å². The molecule has 0 spiro atoms. The Morgan fingerprint density at radius 3 is 3.11 bits per heavy atom. The predicted octanol–water partition coefficient (Wildman–Crippen LogP) is 1.66. The van der Waals surface area contributed by atoms with Crippen LogP contribution in [0.1, 0.15) is 25.1 Å². The molecule has 1 aliphatic rings. The van der Waals surface area contributed by atoms with Crippen molar-refractivity contribution in [2.75, 3.05) is 6.54 Å². The maximum atomic E-state index is 11.8. The fraction of sp³-hybridized carbons (Fsp3) is 0.500. The summed E-state index contributed by atoms with van der Waals surface area (Å²) in [7, 11) is 0. The Morgan fingerprint density at radius 1 is 1.53 bits per heavy atom. The van der Waals surface area contributed by atoms with E-state index < -0.39 is 0 Å². The summed E-state index contributed by atoms with van der Waals surface area (Å²) in [6, 6.07) is 3.84. The van der Waals surface area contributed by atoms with Crippen LogP contribution >= 0.6 is 0 Å². The predicted molar refractivity (Wildman–Crippen MR) is 72.6 cm³/mol. The molecule has 1 fully saturated rings. The van der Waals surface area contributed by atoms with Gasteiger partial charge in [-0.1, -0.05) is 6.42 Å². The number of nitrogens with zero attached hydrogens (tertiary/aromatic N) is 3. The van der Waals surface area contributed by atoms with Gasteiger partial charge in [-0.15, -0.1) is 0 Å². The van der Waals surface area contributed by atoms with Crippen LogP contribution in [-0.4, -0.2) is 27.0 Å². The Labute approximate surface area is 112 Å². The summed E-state index contributed by atoms with van der Waals surface area (Å²) >= 11 is 0. The lowest BCUT2D eigenvalue weighted by Gasteiger charge is -2.24. The molecule has 1 aliphatic carbocycles.